The van der Waals surface area contributed by atoms with Gasteiger partial charge in [0.15, 0.2) is 0 Å². The van der Waals surface area contributed by atoms with Crippen LogP contribution in [-0.4, -0.2) is 12.5 Å². The Hall–Kier alpha value is -1.46. The van der Waals surface area contributed by atoms with Gasteiger partial charge in [-0.3, -0.25) is 4.79 Å². The van der Waals surface area contributed by atoms with Crippen LogP contribution < -0.4 is 5.32 Å². The van der Waals surface area contributed by atoms with Crippen molar-refractivity contribution in [3.63, 3.8) is 0 Å². The normalized spacial score (nSPS) is 9.12. The number of amides is 1. The van der Waals surface area contributed by atoms with E-state index < -0.39 is 0 Å². The summed E-state index contributed by atoms with van der Waals surface area (Å²) in [5.41, 5.74) is 0.850. The Bertz CT molecular complexity index is 417. The Balaban J connectivity index is 2.39. The predicted molar refractivity (Wildman–Crippen MR) is 66.2 cm³/mol. The Morgan fingerprint density at radius 3 is 2.88 bits per heavy atom. The highest BCUT2D eigenvalue weighted by molar-refractivity contribution is 6.31. The third kappa shape index (κ3) is 4.37. The van der Waals surface area contributed by atoms with Gasteiger partial charge in [-0.05, 0) is 18.6 Å². The molecule has 1 aromatic carbocycles. The second-order valence-corrected chi connectivity index (χ2v) is 3.70. The van der Waals surface area contributed by atoms with E-state index in [1.807, 2.05) is 18.2 Å². The van der Waals surface area contributed by atoms with Gasteiger partial charge in [0, 0.05) is 18.0 Å². The fourth-order valence-electron chi connectivity index (χ4n) is 1.27. The fourth-order valence-corrected chi connectivity index (χ4v) is 1.47. The molecule has 0 aliphatic carbocycles. The quantitative estimate of drug-likeness (QED) is 0.630. The standard InChI is InChI=1S/C13H14ClNO/c1-2-3-6-9-15-13(16)10-11-7-4-5-8-12(11)14/h4-5,7-8H,6,9-10H2,1H3,(H,15,16). The first-order chi connectivity index (χ1) is 7.74. The molecule has 0 aromatic heterocycles. The van der Waals surface area contributed by atoms with Crippen LogP contribution in [0.1, 0.15) is 18.9 Å². The van der Waals surface area contributed by atoms with Crippen LogP contribution in [0, 0.1) is 11.8 Å². The van der Waals surface area contributed by atoms with Crippen molar-refractivity contribution in [3.8, 4) is 11.8 Å². The summed E-state index contributed by atoms with van der Waals surface area (Å²) in [6.45, 7) is 2.37. The van der Waals surface area contributed by atoms with Crippen LogP contribution in [0.2, 0.25) is 5.02 Å². The molecule has 0 heterocycles. The number of nitrogens with one attached hydrogen (secondary N) is 1. The lowest BCUT2D eigenvalue weighted by molar-refractivity contribution is -0.120. The second kappa shape index (κ2) is 6.92. The van der Waals surface area contributed by atoms with Gasteiger partial charge in [-0.25, -0.2) is 0 Å². The van der Waals surface area contributed by atoms with E-state index in [1.165, 1.54) is 0 Å². The van der Waals surface area contributed by atoms with E-state index in [1.54, 1.807) is 13.0 Å². The molecule has 1 amide bonds. The van der Waals surface area contributed by atoms with E-state index in [9.17, 15) is 4.79 Å². The first kappa shape index (κ1) is 12.6. The van der Waals surface area contributed by atoms with E-state index in [0.29, 0.717) is 24.4 Å². The van der Waals surface area contributed by atoms with Crippen LogP contribution in [0.4, 0.5) is 0 Å². The fraction of sp³-hybridized carbons (Fsp3) is 0.308. The zero-order valence-electron chi connectivity index (χ0n) is 9.22. The van der Waals surface area contributed by atoms with E-state index in [4.69, 9.17) is 11.6 Å². The molecule has 1 aromatic rings. The molecule has 84 valence electrons. The summed E-state index contributed by atoms with van der Waals surface area (Å²) in [6.07, 6.45) is 1.00. The zero-order chi connectivity index (χ0) is 11.8. The molecule has 0 fully saturated rings. The Morgan fingerprint density at radius 1 is 1.44 bits per heavy atom. The molecule has 0 radical (unpaired) electrons. The van der Waals surface area contributed by atoms with Crippen molar-refractivity contribution in [2.75, 3.05) is 6.54 Å². The maximum absolute atomic E-state index is 11.5. The largest absolute Gasteiger partial charge is 0.355 e. The van der Waals surface area contributed by atoms with Crippen LogP contribution in [0.3, 0.4) is 0 Å². The summed E-state index contributed by atoms with van der Waals surface area (Å²) in [5.74, 6) is 5.64. The highest BCUT2D eigenvalue weighted by Gasteiger charge is 2.05. The van der Waals surface area contributed by atoms with E-state index in [-0.39, 0.29) is 5.91 Å². The number of halogens is 1. The van der Waals surface area contributed by atoms with Gasteiger partial charge < -0.3 is 5.32 Å². The van der Waals surface area contributed by atoms with Crippen LogP contribution in [0.5, 0.6) is 0 Å². The second-order valence-electron chi connectivity index (χ2n) is 3.29. The number of carbonyl (C=O) groups excluding carboxylic acids is 1. The molecule has 0 spiro atoms. The summed E-state index contributed by atoms with van der Waals surface area (Å²) < 4.78 is 0. The molecule has 0 unspecified atom stereocenters. The van der Waals surface area contributed by atoms with E-state index >= 15 is 0 Å². The van der Waals surface area contributed by atoms with Gasteiger partial charge in [-0.2, -0.15) is 0 Å². The van der Waals surface area contributed by atoms with Crippen molar-refractivity contribution in [1.82, 2.24) is 5.32 Å². The van der Waals surface area contributed by atoms with E-state index in [2.05, 4.69) is 17.2 Å². The number of benzene rings is 1. The lowest BCUT2D eigenvalue weighted by Crippen LogP contribution is -2.25. The molecule has 2 nitrogen and oxygen atoms in total. The first-order valence-corrected chi connectivity index (χ1v) is 5.51. The zero-order valence-corrected chi connectivity index (χ0v) is 9.97. The van der Waals surface area contributed by atoms with Gasteiger partial charge in [0.1, 0.15) is 0 Å². The lowest BCUT2D eigenvalue weighted by Gasteiger charge is -2.04. The molecule has 1 N–H and O–H groups in total. The third-order valence-corrected chi connectivity index (χ3v) is 2.43. The SMILES string of the molecule is CC#CCCNC(=O)Cc1ccccc1Cl. The van der Waals surface area contributed by atoms with Gasteiger partial charge in [0.2, 0.25) is 5.91 Å². The van der Waals surface area contributed by atoms with Crippen molar-refractivity contribution in [2.24, 2.45) is 0 Å². The minimum atomic E-state index is -0.0222. The molecular weight excluding hydrogens is 222 g/mol. The molecule has 0 saturated heterocycles. The average molecular weight is 236 g/mol. The summed E-state index contributed by atoms with van der Waals surface area (Å²) in [7, 11) is 0. The summed E-state index contributed by atoms with van der Waals surface area (Å²) >= 11 is 5.95. The van der Waals surface area contributed by atoms with Crippen LogP contribution in [0.15, 0.2) is 24.3 Å². The maximum Gasteiger partial charge on any atom is 0.224 e. The minimum absolute atomic E-state index is 0.0222. The molecule has 0 bridgehead atoms. The Kier molecular flexibility index (Phi) is 5.45. The maximum atomic E-state index is 11.5. The number of carbonyl (C=O) groups is 1. The van der Waals surface area contributed by atoms with Gasteiger partial charge in [0.05, 0.1) is 6.42 Å². The highest BCUT2D eigenvalue weighted by Crippen LogP contribution is 2.14. The van der Waals surface area contributed by atoms with Gasteiger partial charge >= 0.3 is 0 Å². The van der Waals surface area contributed by atoms with Crippen LogP contribution in [0.25, 0.3) is 0 Å². The van der Waals surface area contributed by atoms with Crippen LogP contribution >= 0.6 is 11.6 Å². The predicted octanol–water partition coefficient (Wildman–Crippen LogP) is 2.41. The Morgan fingerprint density at radius 2 is 2.19 bits per heavy atom. The van der Waals surface area contributed by atoms with Crippen molar-refractivity contribution in [2.45, 2.75) is 19.8 Å². The van der Waals surface area contributed by atoms with Gasteiger partial charge in [-0.1, -0.05) is 29.8 Å². The van der Waals surface area contributed by atoms with Crippen molar-refractivity contribution in [1.29, 1.82) is 0 Å². The minimum Gasteiger partial charge on any atom is -0.355 e. The summed E-state index contributed by atoms with van der Waals surface area (Å²) in [4.78, 5) is 11.5. The number of rotatable bonds is 4. The molecule has 0 saturated carbocycles. The van der Waals surface area contributed by atoms with Crippen molar-refractivity contribution < 1.29 is 4.79 Å². The molecular formula is C13H14ClNO. The molecule has 0 atom stereocenters. The van der Waals surface area contributed by atoms with Gasteiger partial charge in [0.25, 0.3) is 0 Å². The summed E-state index contributed by atoms with van der Waals surface area (Å²) in [6, 6.07) is 7.36. The number of hydrogen-bond acceptors (Lipinski definition) is 1. The van der Waals surface area contributed by atoms with E-state index in [0.717, 1.165) is 5.56 Å². The number of hydrogen-bond donors (Lipinski definition) is 1. The summed E-state index contributed by atoms with van der Waals surface area (Å²) in [5, 5.41) is 3.42. The topological polar surface area (TPSA) is 29.1 Å². The van der Waals surface area contributed by atoms with Gasteiger partial charge in [-0.15, -0.1) is 11.8 Å². The smallest absolute Gasteiger partial charge is 0.224 e. The van der Waals surface area contributed by atoms with Crippen molar-refractivity contribution in [3.05, 3.63) is 34.9 Å². The average Bonchev–Trinajstić information content (AvgIpc) is 2.28. The highest BCUT2D eigenvalue weighted by atomic mass is 35.5. The molecule has 1 rings (SSSR count). The lowest BCUT2D eigenvalue weighted by atomic mass is 10.1. The molecule has 0 aliphatic rings. The molecule has 0 aliphatic heterocycles. The molecule has 16 heavy (non-hydrogen) atoms. The van der Waals surface area contributed by atoms with Crippen molar-refractivity contribution >= 4 is 17.5 Å². The monoisotopic (exact) mass is 235 g/mol. The van der Waals surface area contributed by atoms with Crippen LogP contribution in [-0.2, 0) is 11.2 Å². The first-order valence-electron chi connectivity index (χ1n) is 5.13. The Labute approximate surface area is 101 Å². The molecule has 3 heteroatoms. The third-order valence-electron chi connectivity index (χ3n) is 2.06.